The van der Waals surface area contributed by atoms with E-state index in [1.54, 1.807) is 0 Å². The summed E-state index contributed by atoms with van der Waals surface area (Å²) in [5, 5.41) is 4.28. The normalized spacial score (nSPS) is 16.2. The molecule has 1 N–H and O–H groups in total. The minimum Gasteiger partial charge on any atom is -0.491 e. The van der Waals surface area contributed by atoms with Crippen molar-refractivity contribution in [1.82, 2.24) is 5.32 Å². The molecule has 1 saturated carbocycles. The predicted octanol–water partition coefficient (Wildman–Crippen LogP) is 3.66. The van der Waals surface area contributed by atoms with Crippen LogP contribution in [0.2, 0.25) is 5.02 Å². The summed E-state index contributed by atoms with van der Waals surface area (Å²) in [7, 11) is 0. The average Bonchev–Trinajstić information content (AvgIpc) is 2.49. The van der Waals surface area contributed by atoms with Gasteiger partial charge in [0.05, 0.1) is 13.2 Å². The first kappa shape index (κ1) is 15.6. The first-order valence-electron chi connectivity index (χ1n) is 7.54. The molecule has 2 rings (SSSR count). The fraction of sp³-hybridized carbons (Fsp3) is 0.625. The molecule has 0 radical (unpaired) electrons. The zero-order chi connectivity index (χ0) is 14.0. The Kier molecular flexibility index (Phi) is 7.20. The second-order valence-electron chi connectivity index (χ2n) is 5.20. The van der Waals surface area contributed by atoms with Crippen LogP contribution in [0, 0.1) is 0 Å². The van der Waals surface area contributed by atoms with Gasteiger partial charge in [-0.05, 0) is 37.1 Å². The molecule has 0 atom stereocenters. The highest BCUT2D eigenvalue weighted by Crippen LogP contribution is 2.17. The Labute approximate surface area is 126 Å². The van der Waals surface area contributed by atoms with E-state index < -0.39 is 0 Å². The lowest BCUT2D eigenvalue weighted by molar-refractivity contribution is 0.0993. The predicted molar refractivity (Wildman–Crippen MR) is 82.6 cm³/mol. The summed E-state index contributed by atoms with van der Waals surface area (Å²) in [5.41, 5.74) is 0. The molecule has 3 nitrogen and oxygen atoms in total. The molecule has 0 heterocycles. The van der Waals surface area contributed by atoms with Crippen LogP contribution in [0.15, 0.2) is 24.3 Å². The van der Waals surface area contributed by atoms with Crippen LogP contribution in [0.25, 0.3) is 0 Å². The topological polar surface area (TPSA) is 30.5 Å². The molecule has 0 unspecified atom stereocenters. The Morgan fingerprint density at radius 2 is 1.75 bits per heavy atom. The van der Waals surface area contributed by atoms with Crippen molar-refractivity contribution in [2.75, 3.05) is 26.4 Å². The van der Waals surface area contributed by atoms with Gasteiger partial charge >= 0.3 is 0 Å². The number of ether oxygens (including phenoxy) is 2. The second kappa shape index (κ2) is 9.22. The van der Waals surface area contributed by atoms with Gasteiger partial charge in [-0.25, -0.2) is 0 Å². The number of nitrogens with one attached hydrogen (secondary N) is 1. The van der Waals surface area contributed by atoms with Gasteiger partial charge in [-0.15, -0.1) is 0 Å². The van der Waals surface area contributed by atoms with E-state index in [1.165, 1.54) is 32.1 Å². The molecule has 112 valence electrons. The SMILES string of the molecule is Clc1ccc(OCCOCCNC2CCCCC2)cc1. The Morgan fingerprint density at radius 3 is 2.50 bits per heavy atom. The monoisotopic (exact) mass is 297 g/mol. The van der Waals surface area contributed by atoms with E-state index in [0.717, 1.165) is 23.9 Å². The largest absolute Gasteiger partial charge is 0.491 e. The molecule has 1 fully saturated rings. The van der Waals surface area contributed by atoms with Crippen molar-refractivity contribution >= 4 is 11.6 Å². The molecule has 0 aromatic heterocycles. The molecule has 0 spiro atoms. The molecule has 1 aromatic rings. The van der Waals surface area contributed by atoms with E-state index in [0.29, 0.717) is 19.3 Å². The third-order valence-electron chi connectivity index (χ3n) is 3.59. The number of benzene rings is 1. The van der Waals surface area contributed by atoms with Gasteiger partial charge in [-0.3, -0.25) is 0 Å². The van der Waals surface area contributed by atoms with Crippen LogP contribution in [0.1, 0.15) is 32.1 Å². The maximum atomic E-state index is 5.81. The summed E-state index contributed by atoms with van der Waals surface area (Å²) < 4.78 is 11.1. The maximum absolute atomic E-state index is 5.81. The number of rotatable bonds is 8. The summed E-state index contributed by atoms with van der Waals surface area (Å²) in [6.45, 7) is 2.88. The highest BCUT2D eigenvalue weighted by molar-refractivity contribution is 6.30. The molecule has 0 saturated heterocycles. The van der Waals surface area contributed by atoms with Crippen LogP contribution in [0.5, 0.6) is 5.75 Å². The van der Waals surface area contributed by atoms with Crippen molar-refractivity contribution in [2.45, 2.75) is 38.1 Å². The van der Waals surface area contributed by atoms with E-state index in [1.807, 2.05) is 24.3 Å². The zero-order valence-corrected chi connectivity index (χ0v) is 12.7. The first-order chi connectivity index (χ1) is 9.84. The lowest BCUT2D eigenvalue weighted by atomic mass is 9.96. The molecule has 20 heavy (non-hydrogen) atoms. The maximum Gasteiger partial charge on any atom is 0.119 e. The van der Waals surface area contributed by atoms with Gasteiger partial charge in [0, 0.05) is 17.6 Å². The smallest absolute Gasteiger partial charge is 0.119 e. The van der Waals surface area contributed by atoms with Crippen LogP contribution < -0.4 is 10.1 Å². The molecule has 1 aromatic carbocycles. The fourth-order valence-electron chi connectivity index (χ4n) is 2.49. The third-order valence-corrected chi connectivity index (χ3v) is 3.85. The van der Waals surface area contributed by atoms with Gasteiger partial charge in [0.25, 0.3) is 0 Å². The summed E-state index contributed by atoms with van der Waals surface area (Å²) in [6.07, 6.45) is 6.77. The van der Waals surface area contributed by atoms with E-state index in [4.69, 9.17) is 21.1 Å². The Morgan fingerprint density at radius 1 is 1.00 bits per heavy atom. The quantitative estimate of drug-likeness (QED) is 0.743. The lowest BCUT2D eigenvalue weighted by Gasteiger charge is -2.22. The number of halogens is 1. The number of hydrogen-bond acceptors (Lipinski definition) is 3. The van der Waals surface area contributed by atoms with Crippen LogP contribution in [-0.2, 0) is 4.74 Å². The molecule has 0 aliphatic heterocycles. The third kappa shape index (κ3) is 6.12. The number of hydrogen-bond donors (Lipinski definition) is 1. The summed E-state index contributed by atoms with van der Waals surface area (Å²) in [5.74, 6) is 0.832. The van der Waals surface area contributed by atoms with Crippen molar-refractivity contribution in [2.24, 2.45) is 0 Å². The van der Waals surface area contributed by atoms with Crippen LogP contribution in [0.3, 0.4) is 0 Å². The van der Waals surface area contributed by atoms with Crippen molar-refractivity contribution in [1.29, 1.82) is 0 Å². The van der Waals surface area contributed by atoms with Gasteiger partial charge in [-0.2, -0.15) is 0 Å². The molecular weight excluding hydrogens is 274 g/mol. The van der Waals surface area contributed by atoms with Gasteiger partial charge in [0.1, 0.15) is 12.4 Å². The van der Waals surface area contributed by atoms with E-state index in [9.17, 15) is 0 Å². The van der Waals surface area contributed by atoms with Gasteiger partial charge in [0.2, 0.25) is 0 Å². The zero-order valence-electron chi connectivity index (χ0n) is 11.9. The van der Waals surface area contributed by atoms with Crippen LogP contribution in [-0.4, -0.2) is 32.4 Å². The summed E-state index contributed by atoms with van der Waals surface area (Å²) in [6, 6.07) is 8.09. The Hall–Kier alpha value is -0.770. The Balaban J connectivity index is 1.44. The highest BCUT2D eigenvalue weighted by atomic mass is 35.5. The van der Waals surface area contributed by atoms with Crippen molar-refractivity contribution in [3.63, 3.8) is 0 Å². The minimum absolute atomic E-state index is 0.574. The van der Waals surface area contributed by atoms with Crippen molar-refractivity contribution < 1.29 is 9.47 Å². The van der Waals surface area contributed by atoms with Crippen LogP contribution >= 0.6 is 11.6 Å². The molecular formula is C16H24ClNO2. The molecule has 0 bridgehead atoms. The van der Waals surface area contributed by atoms with E-state index >= 15 is 0 Å². The second-order valence-corrected chi connectivity index (χ2v) is 5.64. The molecule has 1 aliphatic carbocycles. The van der Waals surface area contributed by atoms with Gasteiger partial charge in [0.15, 0.2) is 0 Å². The minimum atomic E-state index is 0.574. The van der Waals surface area contributed by atoms with E-state index in [-0.39, 0.29) is 0 Å². The van der Waals surface area contributed by atoms with Gasteiger partial charge in [-0.1, -0.05) is 30.9 Å². The summed E-state index contributed by atoms with van der Waals surface area (Å²) in [4.78, 5) is 0. The fourth-order valence-corrected chi connectivity index (χ4v) is 2.62. The molecule has 0 amide bonds. The molecule has 1 aliphatic rings. The summed E-state index contributed by atoms with van der Waals surface area (Å²) >= 11 is 5.81. The van der Waals surface area contributed by atoms with Crippen LogP contribution in [0.4, 0.5) is 0 Å². The molecule has 4 heteroatoms. The first-order valence-corrected chi connectivity index (χ1v) is 7.92. The van der Waals surface area contributed by atoms with Crippen molar-refractivity contribution in [3.05, 3.63) is 29.3 Å². The van der Waals surface area contributed by atoms with Crippen molar-refractivity contribution in [3.8, 4) is 5.75 Å². The Bertz CT molecular complexity index is 363. The lowest BCUT2D eigenvalue weighted by Crippen LogP contribution is -2.33. The average molecular weight is 298 g/mol. The van der Waals surface area contributed by atoms with E-state index in [2.05, 4.69) is 5.32 Å². The van der Waals surface area contributed by atoms with Gasteiger partial charge < -0.3 is 14.8 Å². The standard InChI is InChI=1S/C16H24ClNO2/c17-14-6-8-16(9-7-14)20-13-12-19-11-10-18-15-4-2-1-3-5-15/h6-9,15,18H,1-5,10-13H2. The highest BCUT2D eigenvalue weighted by Gasteiger charge is 2.11.